The Hall–Kier alpha value is -3.13. The van der Waals surface area contributed by atoms with Crippen LogP contribution in [0.3, 0.4) is 0 Å². The van der Waals surface area contributed by atoms with Crippen molar-refractivity contribution in [2.24, 2.45) is 0 Å². The molecule has 1 N–H and O–H groups in total. The molecule has 0 aliphatic carbocycles. The zero-order chi connectivity index (χ0) is 20.9. The molecule has 1 atom stereocenters. The van der Waals surface area contributed by atoms with E-state index < -0.39 is 0 Å². The molecule has 1 amide bonds. The van der Waals surface area contributed by atoms with Crippen molar-refractivity contribution in [2.75, 3.05) is 20.3 Å². The average molecular weight is 426 g/mol. The molecule has 7 nitrogen and oxygen atoms in total. The van der Waals surface area contributed by atoms with Gasteiger partial charge in [0.2, 0.25) is 0 Å². The zero-order valence-corrected chi connectivity index (χ0v) is 17.5. The summed E-state index contributed by atoms with van der Waals surface area (Å²) in [5.74, 6) is 1.48. The van der Waals surface area contributed by atoms with E-state index >= 15 is 0 Å². The van der Waals surface area contributed by atoms with Crippen LogP contribution in [0.4, 0.5) is 0 Å². The molecule has 8 heteroatoms. The van der Waals surface area contributed by atoms with Crippen molar-refractivity contribution in [1.29, 1.82) is 0 Å². The number of ether oxygens (including phenoxy) is 2. The number of aromatic amines is 1. The summed E-state index contributed by atoms with van der Waals surface area (Å²) >= 11 is 1.55. The van der Waals surface area contributed by atoms with Gasteiger partial charge in [-0.2, -0.15) is 11.3 Å². The highest BCUT2D eigenvalue weighted by Gasteiger charge is 2.30. The topological polar surface area (TPSA) is 84.5 Å². The van der Waals surface area contributed by atoms with Gasteiger partial charge in [0.15, 0.2) is 18.1 Å². The number of benzene rings is 1. The van der Waals surface area contributed by atoms with Crippen molar-refractivity contribution in [3.05, 3.63) is 63.3 Å². The first-order chi connectivity index (χ1) is 14.7. The van der Waals surface area contributed by atoms with Crippen LogP contribution >= 0.6 is 11.3 Å². The van der Waals surface area contributed by atoms with Gasteiger partial charge in [0, 0.05) is 23.6 Å². The second-order valence-corrected chi connectivity index (χ2v) is 7.85. The highest BCUT2D eigenvalue weighted by atomic mass is 32.1. The quantitative estimate of drug-likeness (QED) is 0.652. The maximum Gasteiger partial charge on any atom is 0.261 e. The summed E-state index contributed by atoms with van der Waals surface area (Å²) < 4.78 is 11.0. The second-order valence-electron chi connectivity index (χ2n) is 7.07. The SMILES string of the molecule is COc1ccccc1OCC(=O)N1CCCCC1c1nc(-c2ccsc2)cc(=O)[nH]1. The summed E-state index contributed by atoms with van der Waals surface area (Å²) in [5, 5.41) is 3.90. The molecule has 2 aromatic heterocycles. The molecule has 1 saturated heterocycles. The summed E-state index contributed by atoms with van der Waals surface area (Å²) in [4.78, 5) is 34.5. The summed E-state index contributed by atoms with van der Waals surface area (Å²) in [5.41, 5.74) is 1.31. The van der Waals surface area contributed by atoms with Gasteiger partial charge in [-0.25, -0.2) is 4.98 Å². The number of piperidine rings is 1. The molecule has 3 aromatic rings. The number of carbonyl (C=O) groups excluding carboxylic acids is 1. The van der Waals surface area contributed by atoms with Crippen LogP contribution in [0.5, 0.6) is 11.5 Å². The minimum absolute atomic E-state index is 0.106. The van der Waals surface area contributed by atoms with Crippen LogP contribution in [0.1, 0.15) is 31.1 Å². The maximum atomic E-state index is 13.0. The Morgan fingerprint density at radius 1 is 1.27 bits per heavy atom. The van der Waals surface area contributed by atoms with E-state index in [1.165, 1.54) is 6.07 Å². The fraction of sp³-hybridized carbons (Fsp3) is 0.318. The lowest BCUT2D eigenvalue weighted by Gasteiger charge is -2.35. The third-order valence-corrected chi connectivity index (χ3v) is 5.82. The number of nitrogens with zero attached hydrogens (tertiary/aromatic N) is 2. The molecule has 1 aliphatic heterocycles. The number of amides is 1. The van der Waals surface area contributed by atoms with E-state index in [2.05, 4.69) is 9.97 Å². The molecular formula is C22H23N3O4S. The summed E-state index contributed by atoms with van der Waals surface area (Å²) in [6.07, 6.45) is 2.62. The van der Waals surface area contributed by atoms with Gasteiger partial charge in [0.05, 0.1) is 18.8 Å². The minimum Gasteiger partial charge on any atom is -0.493 e. The molecule has 0 saturated carbocycles. The van der Waals surface area contributed by atoms with Crippen molar-refractivity contribution in [2.45, 2.75) is 25.3 Å². The fourth-order valence-electron chi connectivity index (χ4n) is 3.67. The average Bonchev–Trinajstić information content (AvgIpc) is 3.32. The smallest absolute Gasteiger partial charge is 0.261 e. The van der Waals surface area contributed by atoms with Crippen LogP contribution < -0.4 is 15.0 Å². The Kier molecular flexibility index (Phi) is 6.13. The van der Waals surface area contributed by atoms with Crippen LogP contribution in [0.2, 0.25) is 0 Å². The number of nitrogens with one attached hydrogen (secondary N) is 1. The number of carbonyl (C=O) groups is 1. The number of para-hydroxylation sites is 2. The van der Waals surface area contributed by atoms with Crippen LogP contribution in [0.15, 0.2) is 52.0 Å². The molecule has 1 fully saturated rings. The van der Waals surface area contributed by atoms with Crippen molar-refractivity contribution >= 4 is 17.2 Å². The zero-order valence-electron chi connectivity index (χ0n) is 16.7. The Labute approximate surface area is 178 Å². The molecular weight excluding hydrogens is 402 g/mol. The van der Waals surface area contributed by atoms with Gasteiger partial charge in [-0.1, -0.05) is 12.1 Å². The number of thiophene rings is 1. The largest absolute Gasteiger partial charge is 0.493 e. The number of likely N-dealkylation sites (tertiary alicyclic amines) is 1. The first-order valence-corrected chi connectivity index (χ1v) is 10.8. The highest BCUT2D eigenvalue weighted by Crippen LogP contribution is 2.31. The fourth-order valence-corrected chi connectivity index (χ4v) is 4.32. The van der Waals surface area contributed by atoms with Crippen molar-refractivity contribution < 1.29 is 14.3 Å². The van der Waals surface area contributed by atoms with E-state index in [4.69, 9.17) is 9.47 Å². The van der Waals surface area contributed by atoms with Crippen LogP contribution in [-0.4, -0.2) is 41.0 Å². The van der Waals surface area contributed by atoms with Gasteiger partial charge in [0.25, 0.3) is 11.5 Å². The van der Waals surface area contributed by atoms with Crippen molar-refractivity contribution in [3.8, 4) is 22.8 Å². The van der Waals surface area contributed by atoms with Crippen molar-refractivity contribution in [1.82, 2.24) is 14.9 Å². The standard InChI is InChI=1S/C22H23N3O4S/c1-28-18-7-2-3-8-19(18)29-13-21(27)25-10-5-4-6-17(25)22-23-16(12-20(26)24-22)15-9-11-30-14-15/h2-3,7-9,11-12,14,17H,4-6,10,13H2,1H3,(H,23,24,26). The highest BCUT2D eigenvalue weighted by molar-refractivity contribution is 7.08. The Morgan fingerprint density at radius 2 is 2.10 bits per heavy atom. The van der Waals surface area contributed by atoms with E-state index in [9.17, 15) is 9.59 Å². The third kappa shape index (κ3) is 4.38. The number of rotatable bonds is 6. The van der Waals surface area contributed by atoms with Gasteiger partial charge in [0.1, 0.15) is 5.82 Å². The lowest BCUT2D eigenvalue weighted by molar-refractivity contribution is -0.137. The number of hydrogen-bond donors (Lipinski definition) is 1. The molecule has 0 bridgehead atoms. The van der Waals surface area contributed by atoms with Gasteiger partial charge >= 0.3 is 0 Å². The van der Waals surface area contributed by atoms with Crippen LogP contribution in [0.25, 0.3) is 11.3 Å². The molecule has 4 rings (SSSR count). The predicted octanol–water partition coefficient (Wildman–Crippen LogP) is 3.64. The van der Waals surface area contributed by atoms with Crippen molar-refractivity contribution in [3.63, 3.8) is 0 Å². The van der Waals surface area contributed by atoms with E-state index in [1.54, 1.807) is 35.5 Å². The summed E-state index contributed by atoms with van der Waals surface area (Å²) in [6.45, 7) is 0.497. The molecule has 1 unspecified atom stereocenters. The van der Waals surface area contributed by atoms with Gasteiger partial charge < -0.3 is 19.4 Å². The summed E-state index contributed by atoms with van der Waals surface area (Å²) in [7, 11) is 1.56. The molecule has 0 radical (unpaired) electrons. The third-order valence-electron chi connectivity index (χ3n) is 5.14. The van der Waals surface area contributed by atoms with E-state index in [0.717, 1.165) is 24.8 Å². The number of aromatic nitrogens is 2. The summed E-state index contributed by atoms with van der Waals surface area (Å²) in [6, 6.07) is 10.4. The Balaban J connectivity index is 1.54. The number of hydrogen-bond acceptors (Lipinski definition) is 6. The minimum atomic E-state index is -0.279. The monoisotopic (exact) mass is 425 g/mol. The first kappa shape index (κ1) is 20.2. The number of methoxy groups -OCH3 is 1. The first-order valence-electron chi connectivity index (χ1n) is 9.85. The Morgan fingerprint density at radius 3 is 2.87 bits per heavy atom. The van der Waals surface area contributed by atoms with Gasteiger partial charge in [-0.05, 0) is 42.8 Å². The lowest BCUT2D eigenvalue weighted by Crippen LogP contribution is -2.42. The van der Waals surface area contributed by atoms with E-state index in [-0.39, 0.29) is 24.1 Å². The molecule has 156 valence electrons. The normalized spacial score (nSPS) is 16.3. The van der Waals surface area contributed by atoms with Crippen LogP contribution in [-0.2, 0) is 4.79 Å². The van der Waals surface area contributed by atoms with Gasteiger partial charge in [-0.15, -0.1) is 0 Å². The predicted molar refractivity (Wildman–Crippen MR) is 115 cm³/mol. The molecule has 0 spiro atoms. The number of H-pyrrole nitrogens is 1. The van der Waals surface area contributed by atoms with Gasteiger partial charge in [-0.3, -0.25) is 9.59 Å². The molecule has 30 heavy (non-hydrogen) atoms. The van der Waals surface area contributed by atoms with E-state index in [1.807, 2.05) is 29.0 Å². The molecule has 1 aromatic carbocycles. The maximum absolute atomic E-state index is 13.0. The molecule has 3 heterocycles. The Bertz CT molecular complexity index is 1060. The molecule has 1 aliphatic rings. The van der Waals surface area contributed by atoms with Crippen LogP contribution in [0, 0.1) is 0 Å². The van der Waals surface area contributed by atoms with E-state index in [0.29, 0.717) is 29.6 Å². The second kappa shape index (κ2) is 9.13. The lowest BCUT2D eigenvalue weighted by atomic mass is 10.0.